The first-order chi connectivity index (χ1) is 5.98. The van der Waals surface area contributed by atoms with Crippen molar-refractivity contribution in [3.8, 4) is 0 Å². The lowest BCUT2D eigenvalue weighted by atomic mass is 10.5. The highest BCUT2D eigenvalue weighted by Crippen LogP contribution is 2.23. The monoisotopic (exact) mass is 244 g/mol. The van der Waals surface area contributed by atoms with E-state index in [1.54, 1.807) is 0 Å². The Kier molecular flexibility index (Phi) is 6.76. The zero-order valence-corrected chi connectivity index (χ0v) is 10.3. The summed E-state index contributed by atoms with van der Waals surface area (Å²) >= 11 is 11.8. The molecule has 13 heavy (non-hydrogen) atoms. The molecule has 0 aromatic heterocycles. The predicted molar refractivity (Wildman–Crippen MR) is 55.1 cm³/mol. The van der Waals surface area contributed by atoms with Crippen LogP contribution in [0.5, 0.6) is 0 Å². The van der Waals surface area contributed by atoms with Gasteiger partial charge in [0, 0.05) is 13.5 Å². The van der Waals surface area contributed by atoms with Crippen LogP contribution in [0.1, 0.15) is 20.3 Å². The molecule has 78 valence electrons. The molecule has 0 aromatic carbocycles. The van der Waals surface area contributed by atoms with Crippen LogP contribution in [-0.2, 0) is 14.0 Å². The third-order valence-corrected chi connectivity index (χ3v) is 4.71. The number of rotatable bonds is 6. The van der Waals surface area contributed by atoms with Crippen LogP contribution < -0.4 is 0 Å². The summed E-state index contributed by atoms with van der Waals surface area (Å²) in [4.78, 5) is 10.4. The first-order valence-corrected chi connectivity index (χ1v) is 8.27. The topological polar surface area (TPSA) is 35.5 Å². The highest BCUT2D eigenvalue weighted by molar-refractivity contribution is 7.42. The van der Waals surface area contributed by atoms with Gasteiger partial charge in [-0.1, -0.05) is 0 Å². The summed E-state index contributed by atoms with van der Waals surface area (Å²) in [6.45, 7) is 1.57. The molecule has 0 aliphatic rings. The van der Waals surface area contributed by atoms with Gasteiger partial charge in [-0.2, -0.15) is 0 Å². The third-order valence-electron chi connectivity index (χ3n) is 1.27. The van der Waals surface area contributed by atoms with Crippen LogP contribution in [0, 0.1) is 0 Å². The van der Waals surface area contributed by atoms with E-state index in [0.29, 0.717) is 25.7 Å². The molecule has 0 fully saturated rings. The van der Waals surface area contributed by atoms with Crippen molar-refractivity contribution in [3.63, 3.8) is 0 Å². The Hall–Kier alpha value is 0.227. The maximum Gasteiger partial charge on any atom is 0.389 e. The summed E-state index contributed by atoms with van der Waals surface area (Å²) in [6.07, 6.45) is 0.652. The molecule has 0 heterocycles. The molecule has 6 heteroatoms. The van der Waals surface area contributed by atoms with Crippen LogP contribution in [0.15, 0.2) is 0 Å². The van der Waals surface area contributed by atoms with E-state index in [2.05, 4.69) is 0 Å². The molecular formula is C7H14Cl2O3Si. The van der Waals surface area contributed by atoms with Gasteiger partial charge in [0.2, 0.25) is 0 Å². The highest BCUT2D eigenvalue weighted by atomic mass is 35.7. The molecular weight excluding hydrogens is 231 g/mol. The van der Waals surface area contributed by atoms with Gasteiger partial charge in [0.15, 0.2) is 0 Å². The zero-order valence-electron chi connectivity index (χ0n) is 7.81. The molecule has 3 nitrogen and oxygen atoms in total. The van der Waals surface area contributed by atoms with Gasteiger partial charge in [0.1, 0.15) is 0 Å². The lowest BCUT2D eigenvalue weighted by Crippen LogP contribution is -2.24. The van der Waals surface area contributed by atoms with Gasteiger partial charge >= 0.3 is 12.9 Å². The molecule has 0 spiro atoms. The Morgan fingerprint density at radius 3 is 2.54 bits per heavy atom. The average molecular weight is 245 g/mol. The lowest BCUT2D eigenvalue weighted by Gasteiger charge is -2.15. The molecule has 0 saturated heterocycles. The Labute approximate surface area is 88.8 Å². The minimum Gasteiger partial charge on any atom is -0.466 e. The van der Waals surface area contributed by atoms with E-state index in [1.807, 2.05) is 6.92 Å². The van der Waals surface area contributed by atoms with E-state index in [1.165, 1.54) is 6.92 Å². The second-order valence-corrected chi connectivity index (χ2v) is 8.82. The molecule has 0 atom stereocenters. The molecule has 0 aliphatic heterocycles. The largest absolute Gasteiger partial charge is 0.466 e. The van der Waals surface area contributed by atoms with Crippen LogP contribution in [-0.4, -0.2) is 26.1 Å². The molecule has 0 rings (SSSR count). The first-order valence-electron chi connectivity index (χ1n) is 4.13. The van der Waals surface area contributed by atoms with Gasteiger partial charge in [-0.25, -0.2) is 0 Å². The smallest absolute Gasteiger partial charge is 0.389 e. The molecule has 0 saturated carbocycles. The number of carbonyl (C=O) groups excluding carboxylic acids is 1. The summed E-state index contributed by atoms with van der Waals surface area (Å²) < 4.78 is 9.89. The SMILES string of the molecule is CCO[Si](Cl)(Cl)CCCOC(C)=O. The average Bonchev–Trinajstić information content (AvgIpc) is 1.98. The number of carbonyl (C=O) groups is 1. The van der Waals surface area contributed by atoms with E-state index in [9.17, 15) is 4.79 Å². The molecule has 0 aliphatic carbocycles. The van der Waals surface area contributed by atoms with Crippen LogP contribution in [0.2, 0.25) is 6.04 Å². The number of hydrogen-bond acceptors (Lipinski definition) is 3. The van der Waals surface area contributed by atoms with E-state index < -0.39 is 6.94 Å². The quantitative estimate of drug-likeness (QED) is 0.312. The minimum atomic E-state index is -2.52. The molecule has 0 N–H and O–H groups in total. The zero-order chi connectivity index (χ0) is 10.3. The van der Waals surface area contributed by atoms with Gasteiger partial charge < -0.3 is 9.16 Å². The predicted octanol–water partition coefficient (Wildman–Crippen LogP) is 2.39. The Bertz CT molecular complexity index is 164. The van der Waals surface area contributed by atoms with Crippen LogP contribution in [0.3, 0.4) is 0 Å². The first kappa shape index (κ1) is 13.2. The fourth-order valence-electron chi connectivity index (χ4n) is 0.777. The fourth-order valence-corrected chi connectivity index (χ4v) is 3.36. The van der Waals surface area contributed by atoms with Crippen molar-refractivity contribution in [2.75, 3.05) is 13.2 Å². The van der Waals surface area contributed by atoms with Gasteiger partial charge in [-0.15, -0.1) is 22.2 Å². The van der Waals surface area contributed by atoms with Crippen molar-refractivity contribution < 1.29 is 14.0 Å². The third kappa shape index (κ3) is 8.55. The summed E-state index contributed by atoms with van der Waals surface area (Å²) in [7, 11) is 0. The van der Waals surface area contributed by atoms with E-state index in [-0.39, 0.29) is 5.97 Å². The number of ether oxygens (including phenoxy) is 1. The highest BCUT2D eigenvalue weighted by Gasteiger charge is 2.29. The van der Waals surface area contributed by atoms with Crippen molar-refractivity contribution in [1.82, 2.24) is 0 Å². The summed E-state index contributed by atoms with van der Waals surface area (Å²) in [5.41, 5.74) is 0. The van der Waals surface area contributed by atoms with Crippen molar-refractivity contribution >= 4 is 35.1 Å². The van der Waals surface area contributed by atoms with Crippen LogP contribution >= 0.6 is 22.2 Å². The van der Waals surface area contributed by atoms with Gasteiger partial charge in [0.05, 0.1) is 6.61 Å². The lowest BCUT2D eigenvalue weighted by molar-refractivity contribution is -0.140. The standard InChI is InChI=1S/C7H14Cl2O3Si/c1-3-12-13(8,9)6-4-5-11-7(2)10/h3-6H2,1-2H3. The van der Waals surface area contributed by atoms with Crippen LogP contribution in [0.25, 0.3) is 0 Å². The number of hydrogen-bond donors (Lipinski definition) is 0. The van der Waals surface area contributed by atoms with Crippen molar-refractivity contribution in [2.24, 2.45) is 0 Å². The normalized spacial score (nSPS) is 11.4. The summed E-state index contributed by atoms with van der Waals surface area (Å²) in [5, 5.41) is 0. The number of esters is 1. The van der Waals surface area contributed by atoms with E-state index >= 15 is 0 Å². The fraction of sp³-hybridized carbons (Fsp3) is 0.857. The molecule has 0 unspecified atom stereocenters. The molecule has 0 radical (unpaired) electrons. The Morgan fingerprint density at radius 1 is 1.46 bits per heavy atom. The van der Waals surface area contributed by atoms with Gasteiger partial charge in [-0.05, 0) is 19.4 Å². The van der Waals surface area contributed by atoms with Gasteiger partial charge in [0.25, 0.3) is 0 Å². The van der Waals surface area contributed by atoms with Crippen molar-refractivity contribution in [2.45, 2.75) is 26.3 Å². The number of halogens is 2. The van der Waals surface area contributed by atoms with E-state index in [0.717, 1.165) is 0 Å². The molecule has 0 bridgehead atoms. The second-order valence-electron chi connectivity index (χ2n) is 2.51. The Morgan fingerprint density at radius 2 is 2.08 bits per heavy atom. The van der Waals surface area contributed by atoms with Gasteiger partial charge in [-0.3, -0.25) is 4.79 Å². The molecule has 0 amide bonds. The maximum atomic E-state index is 10.4. The summed E-state index contributed by atoms with van der Waals surface area (Å²) in [6, 6.07) is 0.581. The summed E-state index contributed by atoms with van der Waals surface area (Å²) in [5.74, 6) is -0.284. The molecule has 0 aromatic rings. The van der Waals surface area contributed by atoms with E-state index in [4.69, 9.17) is 31.3 Å². The van der Waals surface area contributed by atoms with Crippen molar-refractivity contribution in [1.29, 1.82) is 0 Å². The minimum absolute atomic E-state index is 0.284. The van der Waals surface area contributed by atoms with Crippen LogP contribution in [0.4, 0.5) is 0 Å². The Balaban J connectivity index is 3.45. The second kappa shape index (κ2) is 6.65. The van der Waals surface area contributed by atoms with Crippen molar-refractivity contribution in [3.05, 3.63) is 0 Å². The maximum absolute atomic E-state index is 10.4.